The first-order chi connectivity index (χ1) is 14.3. The summed E-state index contributed by atoms with van der Waals surface area (Å²) >= 11 is 6.00. The Bertz CT molecular complexity index is 1060. The lowest BCUT2D eigenvalue weighted by molar-refractivity contribution is -0.274. The zero-order chi connectivity index (χ0) is 21.3. The third-order valence-electron chi connectivity index (χ3n) is 4.69. The van der Waals surface area contributed by atoms with E-state index in [4.69, 9.17) is 11.6 Å². The van der Waals surface area contributed by atoms with E-state index in [1.165, 1.54) is 18.5 Å². The van der Waals surface area contributed by atoms with E-state index in [0.29, 0.717) is 42.2 Å². The van der Waals surface area contributed by atoms with Gasteiger partial charge >= 0.3 is 6.36 Å². The van der Waals surface area contributed by atoms with Crippen molar-refractivity contribution in [3.8, 4) is 5.75 Å². The number of carbonyl (C=O) groups excluding carboxylic acids is 1. The van der Waals surface area contributed by atoms with Crippen LogP contribution >= 0.6 is 11.6 Å². The van der Waals surface area contributed by atoms with Crippen LogP contribution in [-0.2, 0) is 4.79 Å². The van der Waals surface area contributed by atoms with E-state index in [0.717, 1.165) is 18.6 Å². The molecule has 12 heteroatoms. The highest BCUT2D eigenvalue weighted by Gasteiger charge is 2.31. The van der Waals surface area contributed by atoms with Gasteiger partial charge in [0.1, 0.15) is 11.3 Å². The topological polar surface area (TPSA) is 96.0 Å². The number of carbonyl (C=O) groups is 1. The highest BCUT2D eigenvalue weighted by Crippen LogP contribution is 2.29. The summed E-state index contributed by atoms with van der Waals surface area (Å²) in [6, 6.07) is 5.01. The number of aromatic nitrogens is 4. The quantitative estimate of drug-likeness (QED) is 0.600. The first-order valence-electron chi connectivity index (χ1n) is 9.07. The van der Waals surface area contributed by atoms with E-state index in [2.05, 4.69) is 30.0 Å². The molecule has 1 unspecified atom stereocenters. The largest absolute Gasteiger partial charge is 0.573 e. The summed E-state index contributed by atoms with van der Waals surface area (Å²) in [6.45, 7) is 1.09. The number of H-pyrrole nitrogens is 1. The summed E-state index contributed by atoms with van der Waals surface area (Å²) in [4.78, 5) is 30.1. The summed E-state index contributed by atoms with van der Waals surface area (Å²) in [5, 5.41) is 2.80. The van der Waals surface area contributed by atoms with Gasteiger partial charge in [0, 0.05) is 18.8 Å². The summed E-state index contributed by atoms with van der Waals surface area (Å²) in [5.74, 6) is -0.344. The second kappa shape index (κ2) is 7.98. The molecule has 1 aliphatic heterocycles. The number of hydrogen-bond donors (Lipinski definition) is 2. The van der Waals surface area contributed by atoms with Gasteiger partial charge in [0.2, 0.25) is 11.2 Å². The number of amides is 1. The Hall–Kier alpha value is -3.08. The highest BCUT2D eigenvalue weighted by molar-refractivity contribution is 6.28. The molecule has 8 nitrogen and oxygen atoms in total. The lowest BCUT2D eigenvalue weighted by Gasteiger charge is -2.33. The number of ether oxygens (including phenoxy) is 1. The molecule has 158 valence electrons. The monoisotopic (exact) mass is 440 g/mol. The Kier molecular flexibility index (Phi) is 5.37. The van der Waals surface area contributed by atoms with Crippen molar-refractivity contribution in [3.05, 3.63) is 35.9 Å². The van der Waals surface area contributed by atoms with Crippen LogP contribution in [0.1, 0.15) is 12.8 Å². The molecule has 0 saturated carbocycles. The molecule has 0 radical (unpaired) electrons. The lowest BCUT2D eigenvalue weighted by Crippen LogP contribution is -2.41. The van der Waals surface area contributed by atoms with Crippen molar-refractivity contribution in [1.82, 2.24) is 19.9 Å². The highest BCUT2D eigenvalue weighted by atomic mass is 35.5. The molecule has 0 bridgehead atoms. The van der Waals surface area contributed by atoms with Crippen LogP contribution in [0.4, 0.5) is 24.7 Å². The van der Waals surface area contributed by atoms with Crippen molar-refractivity contribution in [2.24, 2.45) is 5.92 Å². The van der Waals surface area contributed by atoms with Gasteiger partial charge in [-0.25, -0.2) is 4.98 Å². The molecule has 30 heavy (non-hydrogen) atoms. The average molecular weight is 441 g/mol. The number of nitrogens with one attached hydrogen (secondary N) is 2. The zero-order valence-electron chi connectivity index (χ0n) is 15.4. The van der Waals surface area contributed by atoms with Crippen LogP contribution in [0.2, 0.25) is 5.28 Å². The predicted molar refractivity (Wildman–Crippen MR) is 103 cm³/mol. The maximum atomic E-state index is 12.7. The Morgan fingerprint density at radius 1 is 1.27 bits per heavy atom. The van der Waals surface area contributed by atoms with Crippen LogP contribution < -0.4 is 15.0 Å². The Labute approximate surface area is 173 Å². The Balaban J connectivity index is 1.44. The van der Waals surface area contributed by atoms with E-state index in [1.807, 2.05) is 4.90 Å². The number of anilines is 2. The van der Waals surface area contributed by atoms with Gasteiger partial charge in [0.25, 0.3) is 0 Å². The molecule has 1 saturated heterocycles. The van der Waals surface area contributed by atoms with Crippen molar-refractivity contribution in [1.29, 1.82) is 0 Å². The van der Waals surface area contributed by atoms with Gasteiger partial charge in [-0.1, -0.05) is 0 Å². The van der Waals surface area contributed by atoms with Crippen LogP contribution in [-0.4, -0.2) is 45.3 Å². The average Bonchev–Trinajstić information content (AvgIpc) is 3.16. The smallest absolute Gasteiger partial charge is 0.406 e. The van der Waals surface area contributed by atoms with Crippen LogP contribution in [0.25, 0.3) is 11.2 Å². The molecule has 4 rings (SSSR count). The van der Waals surface area contributed by atoms with Crippen molar-refractivity contribution in [2.75, 3.05) is 23.3 Å². The number of halogens is 4. The maximum Gasteiger partial charge on any atom is 0.573 e. The molecule has 0 spiro atoms. The van der Waals surface area contributed by atoms with E-state index in [9.17, 15) is 18.0 Å². The number of benzene rings is 1. The molecule has 1 amide bonds. The molecule has 1 fully saturated rings. The number of rotatable bonds is 4. The molecule has 1 atom stereocenters. The van der Waals surface area contributed by atoms with Crippen LogP contribution in [0, 0.1) is 5.92 Å². The molecule has 2 N–H and O–H groups in total. The van der Waals surface area contributed by atoms with Crippen LogP contribution in [0.3, 0.4) is 0 Å². The number of alkyl halides is 3. The van der Waals surface area contributed by atoms with E-state index in [-0.39, 0.29) is 22.9 Å². The molecule has 0 aliphatic carbocycles. The SMILES string of the molecule is O=C(Nc1ccc(OC(F)(F)F)cc1)C1CCCN(c2nc(Cl)nc3nc[nH]c23)C1. The third-order valence-corrected chi connectivity index (χ3v) is 4.86. The normalized spacial score (nSPS) is 17.2. The maximum absolute atomic E-state index is 12.7. The number of hydrogen-bond acceptors (Lipinski definition) is 6. The van der Waals surface area contributed by atoms with Crippen molar-refractivity contribution >= 4 is 40.2 Å². The second-order valence-corrected chi connectivity index (χ2v) is 7.10. The van der Waals surface area contributed by atoms with Gasteiger partial charge in [0.15, 0.2) is 11.5 Å². The van der Waals surface area contributed by atoms with Crippen LogP contribution in [0.15, 0.2) is 30.6 Å². The number of aromatic amines is 1. The second-order valence-electron chi connectivity index (χ2n) is 6.76. The van der Waals surface area contributed by atoms with Gasteiger partial charge in [-0.3, -0.25) is 4.79 Å². The van der Waals surface area contributed by atoms with Crippen molar-refractivity contribution in [2.45, 2.75) is 19.2 Å². The van der Waals surface area contributed by atoms with Gasteiger partial charge in [-0.05, 0) is 48.7 Å². The first kappa shape index (κ1) is 20.2. The first-order valence-corrected chi connectivity index (χ1v) is 9.44. The fourth-order valence-corrected chi connectivity index (χ4v) is 3.55. The standard InChI is InChI=1S/C18H16ClF3N6O2/c19-17-26-14-13(23-9-24-14)15(27-17)28-7-1-2-10(8-28)16(29)25-11-3-5-12(6-4-11)30-18(20,21)22/h3-6,9-10H,1-2,7-8H2,(H,25,29)(H,23,24,26,27). The van der Waals surface area contributed by atoms with Crippen LogP contribution in [0.5, 0.6) is 5.75 Å². The minimum absolute atomic E-state index is 0.0670. The van der Waals surface area contributed by atoms with E-state index in [1.54, 1.807) is 0 Å². The molecule has 3 heterocycles. The summed E-state index contributed by atoms with van der Waals surface area (Å²) < 4.78 is 40.6. The molecule has 1 aliphatic rings. The van der Waals surface area contributed by atoms with Gasteiger partial charge in [-0.2, -0.15) is 9.97 Å². The minimum Gasteiger partial charge on any atom is -0.406 e. The van der Waals surface area contributed by atoms with Crippen molar-refractivity contribution < 1.29 is 22.7 Å². The Morgan fingerprint density at radius 2 is 2.03 bits per heavy atom. The third kappa shape index (κ3) is 4.56. The summed E-state index contributed by atoms with van der Waals surface area (Å²) in [7, 11) is 0. The van der Waals surface area contributed by atoms with Gasteiger partial charge in [-0.15, -0.1) is 13.2 Å². The molecule has 3 aromatic rings. The number of piperidine rings is 1. The Morgan fingerprint density at radius 3 is 2.77 bits per heavy atom. The number of imidazole rings is 1. The van der Waals surface area contributed by atoms with E-state index >= 15 is 0 Å². The number of fused-ring (bicyclic) bond motifs is 1. The summed E-state index contributed by atoms with van der Waals surface area (Å²) in [6.07, 6.45) is -1.84. The fraction of sp³-hybridized carbons (Fsp3) is 0.333. The number of nitrogens with zero attached hydrogens (tertiary/aromatic N) is 4. The van der Waals surface area contributed by atoms with Crippen molar-refractivity contribution in [3.63, 3.8) is 0 Å². The molecule has 1 aromatic carbocycles. The van der Waals surface area contributed by atoms with Gasteiger partial charge in [0.05, 0.1) is 12.2 Å². The van der Waals surface area contributed by atoms with Gasteiger partial charge < -0.3 is 19.9 Å². The predicted octanol–water partition coefficient (Wildman–Crippen LogP) is 3.76. The molecular formula is C18H16ClF3N6O2. The zero-order valence-corrected chi connectivity index (χ0v) is 16.2. The summed E-state index contributed by atoms with van der Waals surface area (Å²) in [5.41, 5.74) is 1.46. The fourth-order valence-electron chi connectivity index (χ4n) is 3.39. The minimum atomic E-state index is -4.76. The molecule has 2 aromatic heterocycles. The molecular weight excluding hydrogens is 425 g/mol. The lowest BCUT2D eigenvalue weighted by atomic mass is 9.97. The van der Waals surface area contributed by atoms with E-state index < -0.39 is 6.36 Å².